The molecule has 2 aromatic rings. The van der Waals surface area contributed by atoms with E-state index in [0.717, 1.165) is 34.4 Å². The molecule has 0 saturated carbocycles. The van der Waals surface area contributed by atoms with Crippen LogP contribution in [-0.2, 0) is 9.59 Å². The average Bonchev–Trinajstić information content (AvgIpc) is 2.57. The van der Waals surface area contributed by atoms with Gasteiger partial charge < -0.3 is 20.8 Å². The van der Waals surface area contributed by atoms with Gasteiger partial charge in [-0.25, -0.2) is 0 Å². The standard InChI is InChI=1S/C22H24N2O4/c1-13-9-17(5-7-19(13)23-21(27)11-15(3)25)18-6-8-20(14(2)10-18)24-22(28)12-16(4)26/h5-12,25-26H,1-4H3,(H,23,27)(H,24,28)/b15-11-,16-12-. The van der Waals surface area contributed by atoms with Crippen LogP contribution in [0.1, 0.15) is 25.0 Å². The molecule has 6 heteroatoms. The van der Waals surface area contributed by atoms with Crippen molar-refractivity contribution in [3.05, 3.63) is 71.2 Å². The fraction of sp³-hybridized carbons (Fsp3) is 0.182. The number of hydrogen-bond acceptors (Lipinski definition) is 4. The minimum absolute atomic E-state index is 0.0564. The zero-order chi connectivity index (χ0) is 20.8. The predicted octanol–water partition coefficient (Wildman–Crippen LogP) is 4.77. The summed E-state index contributed by atoms with van der Waals surface area (Å²) in [5.74, 6) is -0.893. The topological polar surface area (TPSA) is 98.7 Å². The van der Waals surface area contributed by atoms with Gasteiger partial charge in [-0.2, -0.15) is 0 Å². The second-order valence-electron chi connectivity index (χ2n) is 6.61. The van der Waals surface area contributed by atoms with Crippen molar-refractivity contribution in [3.8, 4) is 11.1 Å². The van der Waals surface area contributed by atoms with Crippen molar-refractivity contribution in [1.82, 2.24) is 0 Å². The summed E-state index contributed by atoms with van der Waals surface area (Å²) >= 11 is 0. The van der Waals surface area contributed by atoms with Gasteiger partial charge in [0.05, 0.1) is 11.5 Å². The smallest absolute Gasteiger partial charge is 0.251 e. The molecule has 0 atom stereocenters. The third-order valence-corrected chi connectivity index (χ3v) is 3.98. The number of carbonyl (C=O) groups excluding carboxylic acids is 2. The summed E-state index contributed by atoms with van der Waals surface area (Å²) in [6, 6.07) is 11.3. The SMILES string of the molecule is C/C(O)=C/C(=O)Nc1ccc(-c2ccc(NC(=O)/C=C(/C)O)c(C)c2)cc1C. The molecule has 0 radical (unpaired) electrons. The summed E-state index contributed by atoms with van der Waals surface area (Å²) in [6.07, 6.45) is 2.24. The molecule has 0 aliphatic heterocycles. The van der Waals surface area contributed by atoms with E-state index in [4.69, 9.17) is 10.2 Å². The maximum atomic E-state index is 11.8. The fourth-order valence-corrected chi connectivity index (χ4v) is 2.68. The largest absolute Gasteiger partial charge is 0.512 e. The zero-order valence-corrected chi connectivity index (χ0v) is 16.3. The Morgan fingerprint density at radius 1 is 0.750 bits per heavy atom. The predicted molar refractivity (Wildman–Crippen MR) is 111 cm³/mol. The van der Waals surface area contributed by atoms with Crippen molar-refractivity contribution in [2.24, 2.45) is 0 Å². The van der Waals surface area contributed by atoms with Crippen LogP contribution in [0.2, 0.25) is 0 Å². The van der Waals surface area contributed by atoms with Gasteiger partial charge in [-0.05, 0) is 74.2 Å². The Hall–Kier alpha value is -3.54. The lowest BCUT2D eigenvalue weighted by molar-refractivity contribution is -0.112. The summed E-state index contributed by atoms with van der Waals surface area (Å²) < 4.78 is 0. The number of aliphatic hydroxyl groups is 2. The number of aliphatic hydroxyl groups excluding tert-OH is 2. The maximum absolute atomic E-state index is 11.8. The van der Waals surface area contributed by atoms with Crippen LogP contribution in [-0.4, -0.2) is 22.0 Å². The van der Waals surface area contributed by atoms with Crippen molar-refractivity contribution < 1.29 is 19.8 Å². The summed E-state index contributed by atoms with van der Waals surface area (Å²) in [5, 5.41) is 23.8. The van der Waals surface area contributed by atoms with Crippen LogP contribution in [0.5, 0.6) is 0 Å². The highest BCUT2D eigenvalue weighted by atomic mass is 16.3. The lowest BCUT2D eigenvalue weighted by Gasteiger charge is -2.12. The highest BCUT2D eigenvalue weighted by molar-refractivity contribution is 6.01. The number of aryl methyl sites for hydroxylation is 2. The quantitative estimate of drug-likeness (QED) is 0.443. The third-order valence-electron chi connectivity index (χ3n) is 3.98. The Labute approximate surface area is 164 Å². The molecule has 0 fully saturated rings. The molecule has 0 aromatic heterocycles. The van der Waals surface area contributed by atoms with Gasteiger partial charge in [-0.1, -0.05) is 12.1 Å². The summed E-state index contributed by atoms with van der Waals surface area (Å²) in [7, 11) is 0. The average molecular weight is 380 g/mol. The van der Waals surface area contributed by atoms with Gasteiger partial charge in [-0.3, -0.25) is 9.59 Å². The van der Waals surface area contributed by atoms with E-state index in [0.29, 0.717) is 11.4 Å². The fourth-order valence-electron chi connectivity index (χ4n) is 2.68. The van der Waals surface area contributed by atoms with Crippen molar-refractivity contribution in [2.75, 3.05) is 10.6 Å². The molecular weight excluding hydrogens is 356 g/mol. The van der Waals surface area contributed by atoms with Gasteiger partial charge in [0.2, 0.25) is 0 Å². The second kappa shape index (κ2) is 8.90. The van der Waals surface area contributed by atoms with Gasteiger partial charge in [0.25, 0.3) is 11.8 Å². The highest BCUT2D eigenvalue weighted by Crippen LogP contribution is 2.28. The molecule has 0 aliphatic carbocycles. The number of carbonyl (C=O) groups is 2. The van der Waals surface area contributed by atoms with Crippen molar-refractivity contribution in [2.45, 2.75) is 27.7 Å². The number of anilines is 2. The first-order valence-electron chi connectivity index (χ1n) is 8.74. The third kappa shape index (κ3) is 5.74. The number of nitrogens with one attached hydrogen (secondary N) is 2. The number of allylic oxidation sites excluding steroid dienone is 2. The second-order valence-corrected chi connectivity index (χ2v) is 6.61. The lowest BCUT2D eigenvalue weighted by atomic mass is 10.00. The molecule has 6 nitrogen and oxygen atoms in total. The molecule has 0 bridgehead atoms. The van der Waals surface area contributed by atoms with E-state index in [1.54, 1.807) is 0 Å². The van der Waals surface area contributed by atoms with Crippen LogP contribution < -0.4 is 10.6 Å². The monoisotopic (exact) mass is 380 g/mol. The first-order valence-corrected chi connectivity index (χ1v) is 8.74. The van der Waals surface area contributed by atoms with Crippen molar-refractivity contribution >= 4 is 23.2 Å². The summed E-state index contributed by atoms with van der Waals surface area (Å²) in [5.41, 5.74) is 5.03. The van der Waals surface area contributed by atoms with Crippen molar-refractivity contribution in [1.29, 1.82) is 0 Å². The Balaban J connectivity index is 2.22. The van der Waals surface area contributed by atoms with E-state index in [2.05, 4.69) is 10.6 Å². The van der Waals surface area contributed by atoms with Gasteiger partial charge >= 0.3 is 0 Å². The molecule has 0 heterocycles. The minimum Gasteiger partial charge on any atom is -0.512 e. The Bertz CT molecular complexity index is 887. The van der Waals surface area contributed by atoms with E-state index >= 15 is 0 Å². The van der Waals surface area contributed by atoms with E-state index in [-0.39, 0.29) is 23.3 Å². The molecule has 2 aromatic carbocycles. The molecule has 0 aliphatic rings. The molecule has 0 saturated heterocycles. The number of benzene rings is 2. The van der Waals surface area contributed by atoms with Crippen LogP contribution in [0.25, 0.3) is 11.1 Å². The van der Waals surface area contributed by atoms with Crippen LogP contribution in [0.4, 0.5) is 11.4 Å². The van der Waals surface area contributed by atoms with E-state index in [1.165, 1.54) is 13.8 Å². The van der Waals surface area contributed by atoms with E-state index in [9.17, 15) is 9.59 Å². The number of amides is 2. The van der Waals surface area contributed by atoms with Gasteiger partial charge in [0, 0.05) is 23.5 Å². The Morgan fingerprint density at radius 2 is 1.11 bits per heavy atom. The van der Waals surface area contributed by atoms with Gasteiger partial charge in [0.15, 0.2) is 0 Å². The van der Waals surface area contributed by atoms with Crippen LogP contribution in [0.3, 0.4) is 0 Å². The van der Waals surface area contributed by atoms with Crippen LogP contribution in [0, 0.1) is 13.8 Å². The van der Waals surface area contributed by atoms with Crippen LogP contribution in [0.15, 0.2) is 60.1 Å². The summed E-state index contributed by atoms with van der Waals surface area (Å²) in [4.78, 5) is 23.5. The van der Waals surface area contributed by atoms with Crippen LogP contribution >= 0.6 is 0 Å². The Morgan fingerprint density at radius 3 is 1.39 bits per heavy atom. The number of hydrogen-bond donors (Lipinski definition) is 4. The van der Waals surface area contributed by atoms with Crippen molar-refractivity contribution in [3.63, 3.8) is 0 Å². The lowest BCUT2D eigenvalue weighted by Crippen LogP contribution is -2.10. The Kier molecular flexibility index (Phi) is 6.60. The molecular formula is C22H24N2O4. The molecule has 2 rings (SSSR count). The number of rotatable bonds is 5. The maximum Gasteiger partial charge on any atom is 0.251 e. The van der Waals surface area contributed by atoms with E-state index < -0.39 is 0 Å². The minimum atomic E-state index is -0.390. The molecule has 2 amide bonds. The highest BCUT2D eigenvalue weighted by Gasteiger charge is 2.08. The molecule has 0 spiro atoms. The first-order chi connectivity index (χ1) is 13.2. The van der Waals surface area contributed by atoms with Gasteiger partial charge in [-0.15, -0.1) is 0 Å². The molecule has 28 heavy (non-hydrogen) atoms. The zero-order valence-electron chi connectivity index (χ0n) is 16.3. The molecule has 146 valence electrons. The van der Waals surface area contributed by atoms with Gasteiger partial charge in [0.1, 0.15) is 0 Å². The first kappa shape index (κ1) is 20.8. The summed E-state index contributed by atoms with van der Waals surface area (Å²) in [6.45, 7) is 6.65. The van der Waals surface area contributed by atoms with E-state index in [1.807, 2.05) is 50.2 Å². The molecule has 4 N–H and O–H groups in total. The normalized spacial score (nSPS) is 11.9. The molecule has 0 unspecified atom stereocenters.